The van der Waals surface area contributed by atoms with Gasteiger partial charge in [0.15, 0.2) is 17.3 Å². The van der Waals surface area contributed by atoms with Crippen LogP contribution in [0.4, 0.5) is 0 Å². The molecule has 0 bridgehead atoms. The van der Waals surface area contributed by atoms with Crippen molar-refractivity contribution < 1.29 is 29.3 Å². The van der Waals surface area contributed by atoms with Crippen LogP contribution < -0.4 is 9.47 Å². The Hall–Kier alpha value is -2.24. The minimum Gasteiger partial charge on any atom is -0.491 e. The van der Waals surface area contributed by atoms with Crippen molar-refractivity contribution in [1.29, 1.82) is 0 Å². The number of Topliss-reactive ketones (excluding diaryl/α,β-unsaturated/α-hetero) is 2. The second kappa shape index (κ2) is 20.8. The Kier molecular flexibility index (Phi) is 16.8. The standard InChI is InChI=1S/C27H42N2O3.C22H35BrO2.C5H8N2O.2CH4/c1-5-32-19-15-28-29(16-19)17-24(30)23-9-8-21-20-7-6-18-14-25(2,31)12-13-26(18,3)22(20)10-11-27(21,23)4;1-20(25)10-11-21(2)14(12-20)4-5-15-16-6-7-18(19(24)13-23)22(16,3)9-8-17(15)21;1-2-8-5-3-6-7-4-5;;/h15-16,18,20-23,31H,5-14,17H2,1-4H3;14-18,25H,4-13H2,1-3H3;3-4H,2H2,1H3,(H,6,7);2*1H4/t18-,20-,21-,22-,23+,25+,26-,27-;14-,15-,16-,17-,18+,20+,21-,22-;;;/m00.../s1. The molecule has 0 unspecified atom stereocenters. The van der Waals surface area contributed by atoms with Crippen molar-refractivity contribution in [3.05, 3.63) is 24.8 Å². The van der Waals surface area contributed by atoms with Gasteiger partial charge in [-0.2, -0.15) is 10.2 Å². The van der Waals surface area contributed by atoms with Crippen LogP contribution >= 0.6 is 15.9 Å². The van der Waals surface area contributed by atoms with Crippen molar-refractivity contribution >= 4 is 27.5 Å². The number of ether oxygens (including phenoxy) is 2. The zero-order valence-electron chi connectivity index (χ0n) is 41.4. The number of aromatic amines is 1. The van der Waals surface area contributed by atoms with Crippen LogP contribution in [-0.2, 0) is 16.1 Å². The number of nitrogens with one attached hydrogen (secondary N) is 1. The van der Waals surface area contributed by atoms with E-state index in [0.29, 0.717) is 65.2 Å². The van der Waals surface area contributed by atoms with E-state index in [1.807, 2.05) is 33.9 Å². The molecule has 2 aromatic heterocycles. The van der Waals surface area contributed by atoms with Gasteiger partial charge in [0.05, 0.1) is 61.1 Å². The first kappa shape index (κ1) is 54.1. The Morgan fingerprint density at radius 3 is 1.58 bits per heavy atom. The summed E-state index contributed by atoms with van der Waals surface area (Å²) in [7, 11) is 0. The zero-order valence-corrected chi connectivity index (χ0v) is 43.0. The molecule has 8 fully saturated rings. The number of nitrogens with zero attached hydrogens (tertiary/aromatic N) is 3. The maximum absolute atomic E-state index is 13.4. The topological polar surface area (TPSA) is 140 Å². The first-order valence-electron chi connectivity index (χ1n) is 26.1. The van der Waals surface area contributed by atoms with Crippen LogP contribution in [0.3, 0.4) is 0 Å². The molecule has 3 N–H and O–H groups in total. The summed E-state index contributed by atoms with van der Waals surface area (Å²) in [5.41, 5.74) is 0.261. The lowest BCUT2D eigenvalue weighted by Crippen LogP contribution is -2.55. The molecule has 8 aliphatic carbocycles. The highest BCUT2D eigenvalue weighted by atomic mass is 79.9. The summed E-state index contributed by atoms with van der Waals surface area (Å²) < 4.78 is 12.3. The highest BCUT2D eigenvalue weighted by Crippen LogP contribution is 2.70. The summed E-state index contributed by atoms with van der Waals surface area (Å²) >= 11 is 3.43. The molecule has 8 saturated carbocycles. The molecular formula is C56H93BrN4O6. The summed E-state index contributed by atoms with van der Waals surface area (Å²) in [4.78, 5) is 26.0. The molecule has 0 aromatic carbocycles. The van der Waals surface area contributed by atoms with Crippen molar-refractivity contribution in [3.63, 3.8) is 0 Å². The molecule has 10 rings (SSSR count). The van der Waals surface area contributed by atoms with E-state index < -0.39 is 11.2 Å². The quantitative estimate of drug-likeness (QED) is 0.211. The van der Waals surface area contributed by atoms with Crippen LogP contribution in [0.15, 0.2) is 24.8 Å². The maximum Gasteiger partial charge on any atom is 0.157 e. The molecule has 0 aliphatic heterocycles. The molecule has 0 radical (unpaired) electrons. The lowest BCUT2D eigenvalue weighted by Gasteiger charge is -2.61. The fourth-order valence-electron chi connectivity index (χ4n) is 17.4. The number of carbonyl (C=O) groups excluding carboxylic acids is 2. The van der Waals surface area contributed by atoms with Crippen LogP contribution in [-0.4, -0.2) is 71.5 Å². The third-order valence-corrected chi connectivity index (χ3v) is 21.4. The van der Waals surface area contributed by atoms with Gasteiger partial charge in [0.1, 0.15) is 5.78 Å². The molecule has 0 amide bonds. The lowest BCUT2D eigenvalue weighted by atomic mass is 9.44. The number of aromatic nitrogens is 4. The van der Waals surface area contributed by atoms with Gasteiger partial charge in [-0.05, 0) is 212 Å². The third kappa shape index (κ3) is 10.3. The summed E-state index contributed by atoms with van der Waals surface area (Å²) in [6.07, 6.45) is 27.9. The number of aliphatic hydroxyl groups is 2. The first-order valence-corrected chi connectivity index (χ1v) is 27.3. The van der Waals surface area contributed by atoms with Crippen molar-refractivity contribution in [1.82, 2.24) is 20.0 Å². The Balaban J connectivity index is 0.000000188. The number of hydrogen-bond acceptors (Lipinski definition) is 8. The number of fused-ring (bicyclic) bond motifs is 10. The van der Waals surface area contributed by atoms with Gasteiger partial charge in [-0.15, -0.1) is 0 Å². The van der Waals surface area contributed by atoms with Crippen LogP contribution in [0, 0.1) is 80.8 Å². The predicted molar refractivity (Wildman–Crippen MR) is 272 cm³/mol. The second-order valence-corrected chi connectivity index (χ2v) is 24.9. The lowest BCUT2D eigenvalue weighted by molar-refractivity contribution is -0.151. The molecule has 16 atom stereocenters. The van der Waals surface area contributed by atoms with E-state index >= 15 is 0 Å². The molecule has 2 heterocycles. The molecule has 380 valence electrons. The van der Waals surface area contributed by atoms with E-state index in [-0.39, 0.29) is 37.5 Å². The zero-order chi connectivity index (χ0) is 46.6. The number of halogens is 1. The van der Waals surface area contributed by atoms with Gasteiger partial charge < -0.3 is 19.7 Å². The van der Waals surface area contributed by atoms with E-state index in [1.165, 1.54) is 77.0 Å². The average molecular weight is 998 g/mol. The van der Waals surface area contributed by atoms with Crippen LogP contribution in [0.5, 0.6) is 11.5 Å². The molecule has 8 aliphatic rings. The van der Waals surface area contributed by atoms with E-state index in [0.717, 1.165) is 79.6 Å². The number of ketones is 2. The number of carbonyl (C=O) groups is 2. The predicted octanol–water partition coefficient (Wildman–Crippen LogP) is 12.7. The van der Waals surface area contributed by atoms with Crippen LogP contribution in [0.2, 0.25) is 0 Å². The molecule has 0 saturated heterocycles. The van der Waals surface area contributed by atoms with E-state index in [4.69, 9.17) is 9.47 Å². The van der Waals surface area contributed by atoms with Gasteiger partial charge in [0, 0.05) is 11.8 Å². The van der Waals surface area contributed by atoms with Crippen molar-refractivity contribution in [3.8, 4) is 11.5 Å². The number of hydrogen-bond donors (Lipinski definition) is 3. The van der Waals surface area contributed by atoms with E-state index in [2.05, 4.69) is 58.9 Å². The van der Waals surface area contributed by atoms with Gasteiger partial charge in [0.25, 0.3) is 0 Å². The average Bonchev–Trinajstić information content (AvgIpc) is 4.08. The summed E-state index contributed by atoms with van der Waals surface area (Å²) in [5.74, 6) is 8.72. The van der Waals surface area contributed by atoms with Crippen molar-refractivity contribution in [2.24, 2.45) is 80.8 Å². The molecule has 2 aromatic rings. The van der Waals surface area contributed by atoms with Crippen molar-refractivity contribution in [2.75, 3.05) is 18.5 Å². The smallest absolute Gasteiger partial charge is 0.157 e. The number of alkyl halides is 1. The normalized spacial score (nSPS) is 43.4. The summed E-state index contributed by atoms with van der Waals surface area (Å²) in [6.45, 7) is 19.6. The molecule has 0 spiro atoms. The van der Waals surface area contributed by atoms with Crippen LogP contribution in [0.1, 0.15) is 186 Å². The fourth-order valence-corrected chi connectivity index (χ4v) is 17.8. The van der Waals surface area contributed by atoms with Gasteiger partial charge in [-0.3, -0.25) is 19.4 Å². The SMILES string of the molecule is C.C.CCOc1cn[nH]c1.CCOc1cnn(CC(=O)[C@H]2CC[C@H]3[C@@H]4CC[C@H]5C[C@](C)(O)CC[C@]5(C)[C@H]4CC[C@]23C)c1.C[C@@]1(O)CC[C@@]2(C)[C@@H](CC[C@@H]3[C@@H]2CC[C@]2(C)[C@@H](C(=O)CBr)CC[C@@H]32)C1. The largest absolute Gasteiger partial charge is 0.491 e. The molecule has 67 heavy (non-hydrogen) atoms. The summed E-state index contributed by atoms with van der Waals surface area (Å²) in [6, 6.07) is 0. The summed E-state index contributed by atoms with van der Waals surface area (Å²) in [5, 5.41) is 32.5. The van der Waals surface area contributed by atoms with E-state index in [1.54, 1.807) is 23.3 Å². The Labute approximate surface area is 414 Å². The molecular weight excluding hydrogens is 905 g/mol. The number of H-pyrrole nitrogens is 1. The minimum atomic E-state index is -0.473. The molecule has 11 heteroatoms. The minimum absolute atomic E-state index is 0. The Morgan fingerprint density at radius 2 is 1.12 bits per heavy atom. The third-order valence-electron chi connectivity index (χ3n) is 20.8. The van der Waals surface area contributed by atoms with Crippen LogP contribution in [0.25, 0.3) is 0 Å². The van der Waals surface area contributed by atoms with Gasteiger partial charge in [-0.25, -0.2) is 0 Å². The molecule has 10 nitrogen and oxygen atoms in total. The van der Waals surface area contributed by atoms with E-state index in [9.17, 15) is 19.8 Å². The second-order valence-electron chi connectivity index (χ2n) is 24.3. The monoisotopic (exact) mass is 997 g/mol. The Bertz CT molecular complexity index is 1950. The van der Waals surface area contributed by atoms with Gasteiger partial charge in [-0.1, -0.05) is 58.5 Å². The number of rotatable bonds is 9. The van der Waals surface area contributed by atoms with Gasteiger partial charge in [0.2, 0.25) is 0 Å². The maximum atomic E-state index is 13.4. The fraction of sp³-hybridized carbons (Fsp3) is 0.857. The van der Waals surface area contributed by atoms with Gasteiger partial charge >= 0.3 is 0 Å². The Morgan fingerprint density at radius 1 is 0.642 bits per heavy atom. The van der Waals surface area contributed by atoms with Crippen molar-refractivity contribution in [2.45, 2.75) is 204 Å². The highest BCUT2D eigenvalue weighted by molar-refractivity contribution is 9.09. The highest BCUT2D eigenvalue weighted by Gasteiger charge is 2.63. The first-order chi connectivity index (χ1) is 30.8.